The van der Waals surface area contributed by atoms with E-state index in [4.69, 9.17) is 4.74 Å². The van der Waals surface area contributed by atoms with E-state index in [0.29, 0.717) is 5.78 Å². The highest BCUT2D eigenvalue weighted by molar-refractivity contribution is 6.03. The molecule has 2 heteroatoms. The summed E-state index contributed by atoms with van der Waals surface area (Å²) in [5.74, 6) is 0.302. The van der Waals surface area contributed by atoms with E-state index in [0.717, 1.165) is 50.7 Å². The van der Waals surface area contributed by atoms with Crippen LogP contribution in [0.5, 0.6) is 0 Å². The van der Waals surface area contributed by atoms with Gasteiger partial charge in [0.05, 0.1) is 18.3 Å². The van der Waals surface area contributed by atoms with Gasteiger partial charge in [-0.15, -0.1) is 0 Å². The van der Waals surface area contributed by atoms with Crippen LogP contribution in [-0.2, 0) is 14.9 Å². The maximum atomic E-state index is 13.0. The molecule has 0 spiro atoms. The summed E-state index contributed by atoms with van der Waals surface area (Å²) in [5.41, 5.74) is 1.79. The van der Waals surface area contributed by atoms with Gasteiger partial charge in [-0.3, -0.25) is 4.79 Å². The topological polar surface area (TPSA) is 26.3 Å². The van der Waals surface area contributed by atoms with Crippen molar-refractivity contribution in [3.05, 3.63) is 47.7 Å². The molecule has 1 aliphatic heterocycles. The zero-order valence-corrected chi connectivity index (χ0v) is 11.2. The van der Waals surface area contributed by atoms with Gasteiger partial charge < -0.3 is 4.74 Å². The van der Waals surface area contributed by atoms with Crippen molar-refractivity contribution in [2.45, 2.75) is 43.9 Å². The van der Waals surface area contributed by atoms with E-state index in [2.05, 4.69) is 12.1 Å². The molecule has 0 atom stereocenters. The van der Waals surface area contributed by atoms with Crippen molar-refractivity contribution in [1.82, 2.24) is 0 Å². The van der Waals surface area contributed by atoms with Crippen molar-refractivity contribution in [2.24, 2.45) is 0 Å². The third-order valence-electron chi connectivity index (χ3n) is 4.44. The van der Waals surface area contributed by atoms with Gasteiger partial charge in [0.25, 0.3) is 0 Å². The van der Waals surface area contributed by atoms with Crippen LogP contribution in [0.1, 0.15) is 44.1 Å². The van der Waals surface area contributed by atoms with E-state index in [-0.39, 0.29) is 5.41 Å². The number of hydrogen-bond donors (Lipinski definition) is 0. The minimum atomic E-state index is -0.284. The average Bonchev–Trinajstić information content (AvgIpc) is 2.99. The van der Waals surface area contributed by atoms with Crippen molar-refractivity contribution in [2.75, 3.05) is 6.61 Å². The summed E-state index contributed by atoms with van der Waals surface area (Å²) in [7, 11) is 0. The highest BCUT2D eigenvalue weighted by Crippen LogP contribution is 2.44. The van der Waals surface area contributed by atoms with Crippen LogP contribution >= 0.6 is 0 Å². The monoisotopic (exact) mass is 256 g/mol. The van der Waals surface area contributed by atoms with Gasteiger partial charge in [0, 0.05) is 5.57 Å². The van der Waals surface area contributed by atoms with Crippen LogP contribution in [0.2, 0.25) is 0 Å². The number of benzene rings is 1. The molecular weight excluding hydrogens is 236 g/mol. The van der Waals surface area contributed by atoms with Gasteiger partial charge in [-0.25, -0.2) is 0 Å². The quantitative estimate of drug-likeness (QED) is 0.823. The first kappa shape index (κ1) is 12.5. The summed E-state index contributed by atoms with van der Waals surface area (Å²) in [6, 6.07) is 10.3. The van der Waals surface area contributed by atoms with Crippen molar-refractivity contribution >= 4 is 5.78 Å². The minimum absolute atomic E-state index is 0.284. The van der Waals surface area contributed by atoms with Crippen molar-refractivity contribution in [3.8, 4) is 0 Å². The number of Topliss-reactive ketones (excluding diaryl/α,β-unsaturated/α-hetero) is 1. The van der Waals surface area contributed by atoms with E-state index in [1.54, 1.807) is 6.26 Å². The average molecular weight is 256 g/mol. The Balaban J connectivity index is 1.97. The lowest BCUT2D eigenvalue weighted by Gasteiger charge is -2.30. The molecule has 1 saturated carbocycles. The highest BCUT2D eigenvalue weighted by atomic mass is 16.5. The molecule has 0 aromatic heterocycles. The maximum absolute atomic E-state index is 13.0. The van der Waals surface area contributed by atoms with Crippen LogP contribution < -0.4 is 0 Å². The number of carbonyl (C=O) groups excluding carboxylic acids is 1. The summed E-state index contributed by atoms with van der Waals surface area (Å²) in [5, 5.41) is 0. The number of rotatable bonds is 3. The summed E-state index contributed by atoms with van der Waals surface area (Å²) in [6.45, 7) is 0.745. The predicted octanol–water partition coefficient (Wildman–Crippen LogP) is 3.76. The molecule has 3 rings (SSSR count). The fourth-order valence-electron chi connectivity index (χ4n) is 3.42. The van der Waals surface area contributed by atoms with Gasteiger partial charge in [-0.1, -0.05) is 43.2 Å². The second-order valence-corrected chi connectivity index (χ2v) is 5.60. The number of allylic oxidation sites excluding steroid dienone is 1. The van der Waals surface area contributed by atoms with E-state index >= 15 is 0 Å². The van der Waals surface area contributed by atoms with Gasteiger partial charge in [0.15, 0.2) is 5.78 Å². The van der Waals surface area contributed by atoms with E-state index < -0.39 is 0 Å². The van der Waals surface area contributed by atoms with Crippen LogP contribution in [0.15, 0.2) is 42.2 Å². The molecule has 0 bridgehead atoms. The number of hydrogen-bond acceptors (Lipinski definition) is 2. The lowest BCUT2D eigenvalue weighted by atomic mass is 9.72. The zero-order valence-electron chi connectivity index (χ0n) is 11.2. The fourth-order valence-corrected chi connectivity index (χ4v) is 3.42. The molecular formula is C17H20O2. The largest absolute Gasteiger partial charge is 0.501 e. The molecule has 1 heterocycles. The van der Waals surface area contributed by atoms with Crippen molar-refractivity contribution in [3.63, 3.8) is 0 Å². The first-order valence-electron chi connectivity index (χ1n) is 7.24. The van der Waals surface area contributed by atoms with Crippen LogP contribution in [0.4, 0.5) is 0 Å². The second kappa shape index (κ2) is 5.20. The first-order valence-corrected chi connectivity index (χ1v) is 7.24. The van der Waals surface area contributed by atoms with Crippen molar-refractivity contribution in [1.29, 1.82) is 0 Å². The van der Waals surface area contributed by atoms with E-state index in [1.807, 2.05) is 18.2 Å². The molecule has 1 aliphatic carbocycles. The third kappa shape index (κ3) is 2.20. The Hall–Kier alpha value is -1.57. The third-order valence-corrected chi connectivity index (χ3v) is 4.44. The predicted molar refractivity (Wildman–Crippen MR) is 74.9 cm³/mol. The Bertz CT molecular complexity index is 481. The molecule has 1 aromatic rings. The van der Waals surface area contributed by atoms with Gasteiger partial charge in [-0.05, 0) is 31.2 Å². The summed E-state index contributed by atoms with van der Waals surface area (Å²) < 4.78 is 5.36. The van der Waals surface area contributed by atoms with Crippen LogP contribution in [-0.4, -0.2) is 12.4 Å². The summed E-state index contributed by atoms with van der Waals surface area (Å²) in [6.07, 6.45) is 7.79. The normalized spacial score (nSPS) is 21.6. The standard InChI is InChI=1S/C17H20O2/c18-16(14-7-6-12-19-13-14)17(10-4-5-11-17)15-8-2-1-3-9-15/h1-3,8-9,13H,4-7,10-12H2. The number of ether oxygens (including phenoxy) is 1. The number of carbonyl (C=O) groups is 1. The maximum Gasteiger partial charge on any atom is 0.172 e. The molecule has 100 valence electrons. The molecule has 2 aliphatic rings. The Morgan fingerprint density at radius 1 is 1.05 bits per heavy atom. The van der Waals surface area contributed by atoms with Gasteiger partial charge in [0.1, 0.15) is 0 Å². The van der Waals surface area contributed by atoms with Crippen LogP contribution in [0.3, 0.4) is 0 Å². The molecule has 0 amide bonds. The first-order chi connectivity index (χ1) is 9.33. The Morgan fingerprint density at radius 2 is 1.79 bits per heavy atom. The molecule has 1 aromatic carbocycles. The zero-order chi connectivity index (χ0) is 13.1. The fraction of sp³-hybridized carbons (Fsp3) is 0.471. The molecule has 0 radical (unpaired) electrons. The Labute approximate surface area is 114 Å². The van der Waals surface area contributed by atoms with Gasteiger partial charge >= 0.3 is 0 Å². The lowest BCUT2D eigenvalue weighted by molar-refractivity contribution is -0.121. The van der Waals surface area contributed by atoms with Gasteiger partial charge in [-0.2, -0.15) is 0 Å². The molecule has 0 saturated heterocycles. The SMILES string of the molecule is O=C(C1=COCCC1)C1(c2ccccc2)CCCC1. The smallest absolute Gasteiger partial charge is 0.172 e. The molecule has 0 N–H and O–H groups in total. The van der Waals surface area contributed by atoms with Crippen LogP contribution in [0, 0.1) is 0 Å². The van der Waals surface area contributed by atoms with E-state index in [1.165, 1.54) is 5.56 Å². The van der Waals surface area contributed by atoms with E-state index in [9.17, 15) is 4.79 Å². The summed E-state index contributed by atoms with van der Waals surface area (Å²) >= 11 is 0. The second-order valence-electron chi connectivity index (χ2n) is 5.60. The van der Waals surface area contributed by atoms with Crippen molar-refractivity contribution < 1.29 is 9.53 Å². The number of ketones is 1. The van der Waals surface area contributed by atoms with Crippen LogP contribution in [0.25, 0.3) is 0 Å². The molecule has 19 heavy (non-hydrogen) atoms. The minimum Gasteiger partial charge on any atom is -0.501 e. The molecule has 0 unspecified atom stereocenters. The summed E-state index contributed by atoms with van der Waals surface area (Å²) in [4.78, 5) is 13.0. The molecule has 2 nitrogen and oxygen atoms in total. The lowest BCUT2D eigenvalue weighted by Crippen LogP contribution is -2.34. The molecule has 1 fully saturated rings. The van der Waals surface area contributed by atoms with Gasteiger partial charge in [0.2, 0.25) is 0 Å². The highest BCUT2D eigenvalue weighted by Gasteiger charge is 2.43. The Kier molecular flexibility index (Phi) is 3.41. The Morgan fingerprint density at radius 3 is 2.42 bits per heavy atom.